The SMILES string of the molecule is [2H]/C(C(=O)C([2H])([2H])Cc1c([2H])c([2H])c(O)c(OC)c1[2H])=C(/[2H])C([2H])([2H])CCCC. The van der Waals surface area contributed by atoms with Crippen LogP contribution in [0.25, 0.3) is 0 Å². The molecular weight excluding hydrogens is 252 g/mol. The van der Waals surface area contributed by atoms with Gasteiger partial charge in [-0.1, -0.05) is 31.9 Å². The third-order valence-corrected chi connectivity index (χ3v) is 2.36. The molecule has 0 spiro atoms. The summed E-state index contributed by atoms with van der Waals surface area (Å²) in [5.41, 5.74) is -0.378. The summed E-state index contributed by atoms with van der Waals surface area (Å²) < 4.78 is 75.8. The number of allylic oxidation sites excluding steroid dienone is 2. The van der Waals surface area contributed by atoms with Crippen molar-refractivity contribution in [1.29, 1.82) is 0 Å². The molecule has 20 heavy (non-hydrogen) atoms. The van der Waals surface area contributed by atoms with Crippen LogP contribution in [0.3, 0.4) is 0 Å². The number of methoxy groups -OCH3 is 1. The zero-order chi connectivity index (χ0) is 22.7. The van der Waals surface area contributed by atoms with Gasteiger partial charge in [0.05, 0.1) is 14.0 Å². The van der Waals surface area contributed by atoms with Crippen LogP contribution in [-0.4, -0.2) is 18.0 Å². The molecule has 0 aliphatic carbocycles. The van der Waals surface area contributed by atoms with Crippen molar-refractivity contribution in [3.63, 3.8) is 0 Å². The Balaban J connectivity index is 3.36. The highest BCUT2D eigenvalue weighted by atomic mass is 16.5. The number of phenols is 1. The lowest BCUT2D eigenvalue weighted by atomic mass is 10.1. The van der Waals surface area contributed by atoms with Crippen molar-refractivity contribution >= 4 is 5.78 Å². The summed E-state index contributed by atoms with van der Waals surface area (Å²) in [7, 11) is 1.12. The number of hydrogen-bond donors (Lipinski definition) is 1. The molecule has 0 aliphatic rings. The number of benzene rings is 1. The molecule has 0 unspecified atom stereocenters. The average molecular weight is 285 g/mol. The van der Waals surface area contributed by atoms with Gasteiger partial charge in [0.15, 0.2) is 17.3 Å². The fourth-order valence-corrected chi connectivity index (χ4v) is 1.30. The molecule has 0 aliphatic heterocycles. The predicted octanol–water partition coefficient (Wildman–Crippen LogP) is 4.04. The van der Waals surface area contributed by atoms with Crippen LogP contribution in [0.5, 0.6) is 11.5 Å². The van der Waals surface area contributed by atoms with E-state index in [4.69, 9.17) is 17.1 Å². The topological polar surface area (TPSA) is 46.5 Å². The summed E-state index contributed by atoms with van der Waals surface area (Å²) in [4.78, 5) is 12.5. The van der Waals surface area contributed by atoms with Crippen LogP contribution in [0.1, 0.15) is 56.8 Å². The molecule has 0 bridgehead atoms. The van der Waals surface area contributed by atoms with Crippen molar-refractivity contribution < 1.29 is 27.0 Å². The van der Waals surface area contributed by atoms with E-state index >= 15 is 0 Å². The maximum atomic E-state index is 12.5. The van der Waals surface area contributed by atoms with Crippen molar-refractivity contribution in [3.05, 3.63) is 35.8 Å². The van der Waals surface area contributed by atoms with Crippen LogP contribution in [0, 0.1) is 0 Å². The number of ether oxygens (including phenoxy) is 1. The van der Waals surface area contributed by atoms with E-state index in [1.165, 1.54) is 0 Å². The van der Waals surface area contributed by atoms with Crippen molar-refractivity contribution in [2.45, 2.75) is 45.4 Å². The third-order valence-electron chi connectivity index (χ3n) is 2.36. The number of unbranched alkanes of at least 4 members (excludes halogenated alkanes) is 1. The van der Waals surface area contributed by atoms with E-state index in [1.54, 1.807) is 0 Å². The predicted molar refractivity (Wildman–Crippen MR) is 81.3 cm³/mol. The molecule has 0 saturated heterocycles. The Bertz CT molecular complexity index is 819. The van der Waals surface area contributed by atoms with E-state index in [-0.39, 0.29) is 12.0 Å². The second kappa shape index (κ2) is 9.18. The molecule has 1 rings (SSSR count). The number of aromatic hydroxyl groups is 1. The molecule has 1 aromatic carbocycles. The van der Waals surface area contributed by atoms with Gasteiger partial charge in [-0.05, 0) is 42.9 Å². The Kier molecular flexibility index (Phi) is 3.35. The normalized spacial score (nSPS) is 19.8. The van der Waals surface area contributed by atoms with Crippen LogP contribution in [0.2, 0.25) is 0 Å². The summed E-state index contributed by atoms with van der Waals surface area (Å²) in [6.45, 7) is 1.82. The van der Waals surface area contributed by atoms with Crippen LogP contribution < -0.4 is 4.74 Å². The minimum absolute atomic E-state index is 0.0912. The first kappa shape index (κ1) is 7.30. The third kappa shape index (κ3) is 5.91. The second-order valence-corrected chi connectivity index (χ2v) is 3.95. The number of carbonyl (C=O) groups excluding carboxylic acids is 1. The van der Waals surface area contributed by atoms with E-state index < -0.39 is 66.7 Å². The van der Waals surface area contributed by atoms with Gasteiger partial charge in [-0.2, -0.15) is 0 Å². The van der Waals surface area contributed by atoms with E-state index in [9.17, 15) is 9.90 Å². The average Bonchev–Trinajstić information content (AvgIpc) is 2.66. The van der Waals surface area contributed by atoms with Gasteiger partial charge < -0.3 is 9.84 Å². The zero-order valence-corrected chi connectivity index (χ0v) is 11.6. The van der Waals surface area contributed by atoms with Gasteiger partial charge >= 0.3 is 0 Å². The largest absolute Gasteiger partial charge is 0.504 e. The highest BCUT2D eigenvalue weighted by molar-refractivity contribution is 5.89. The van der Waals surface area contributed by atoms with Gasteiger partial charge in [0, 0.05) is 11.9 Å². The molecule has 0 atom stereocenters. The number of hydrogen-bond acceptors (Lipinski definition) is 3. The molecule has 3 nitrogen and oxygen atoms in total. The van der Waals surface area contributed by atoms with Gasteiger partial charge in [-0.15, -0.1) is 0 Å². The first-order valence-electron chi connectivity index (χ1n) is 10.8. The molecular formula is C17H24O3. The van der Waals surface area contributed by atoms with Gasteiger partial charge in [0.2, 0.25) is 0 Å². The van der Waals surface area contributed by atoms with Crippen LogP contribution in [0.4, 0.5) is 0 Å². The highest BCUT2D eigenvalue weighted by Crippen LogP contribution is 2.26. The van der Waals surface area contributed by atoms with Crippen LogP contribution >= 0.6 is 0 Å². The van der Waals surface area contributed by atoms with E-state index in [0.717, 1.165) is 7.11 Å². The van der Waals surface area contributed by atoms with Crippen molar-refractivity contribution in [3.8, 4) is 11.5 Å². The minimum Gasteiger partial charge on any atom is -0.504 e. The lowest BCUT2D eigenvalue weighted by Crippen LogP contribution is -1.96. The highest BCUT2D eigenvalue weighted by Gasteiger charge is 2.04. The van der Waals surface area contributed by atoms with E-state index in [2.05, 4.69) is 0 Å². The summed E-state index contributed by atoms with van der Waals surface area (Å²) in [5, 5.41) is 9.80. The standard InChI is InChI=1S/C17H24O3/c1-3-4-5-6-7-8-15(18)11-9-14-10-12-16(19)17(13-14)20-2/h7-8,10,12-13,19H,3-6,9,11H2,1-2H3/b8-7+/i6D2,7D,8D,10D,11D2,12D,13D. The molecule has 0 heterocycles. The number of rotatable bonds is 9. The maximum Gasteiger partial charge on any atom is 0.160 e. The van der Waals surface area contributed by atoms with Crippen LogP contribution in [0.15, 0.2) is 30.2 Å². The summed E-state index contributed by atoms with van der Waals surface area (Å²) in [6.07, 6.45) is -5.01. The summed E-state index contributed by atoms with van der Waals surface area (Å²) in [6, 6.07) is -3.98. The lowest BCUT2D eigenvalue weighted by molar-refractivity contribution is -0.114. The maximum absolute atomic E-state index is 12.5. The summed E-state index contributed by atoms with van der Waals surface area (Å²) in [5.74, 6) is -2.65. The Morgan fingerprint density at radius 2 is 2.35 bits per heavy atom. The first-order chi connectivity index (χ1) is 13.2. The molecule has 1 N–H and O–H groups in total. The smallest absolute Gasteiger partial charge is 0.160 e. The molecule has 110 valence electrons. The van der Waals surface area contributed by atoms with Crippen molar-refractivity contribution in [2.24, 2.45) is 0 Å². The Morgan fingerprint density at radius 1 is 1.55 bits per heavy atom. The molecule has 1 aromatic rings. The summed E-state index contributed by atoms with van der Waals surface area (Å²) >= 11 is 0. The zero-order valence-electron chi connectivity index (χ0n) is 20.6. The van der Waals surface area contributed by atoms with Crippen LogP contribution in [-0.2, 0) is 11.2 Å². The van der Waals surface area contributed by atoms with Gasteiger partial charge in [0.25, 0.3) is 0 Å². The minimum atomic E-state index is -2.84. The Morgan fingerprint density at radius 3 is 3.05 bits per heavy atom. The number of ketones is 1. The first-order valence-corrected chi connectivity index (χ1v) is 6.31. The molecule has 3 heteroatoms. The van der Waals surface area contributed by atoms with E-state index in [1.807, 2.05) is 6.92 Å². The molecule has 0 saturated carbocycles. The monoisotopic (exact) mass is 285 g/mol. The lowest BCUT2D eigenvalue weighted by Gasteiger charge is -2.05. The van der Waals surface area contributed by atoms with Crippen molar-refractivity contribution in [1.82, 2.24) is 0 Å². The Hall–Kier alpha value is -1.77. The van der Waals surface area contributed by atoms with Gasteiger partial charge in [-0.3, -0.25) is 4.79 Å². The molecule has 0 amide bonds. The fourth-order valence-electron chi connectivity index (χ4n) is 1.30. The number of carbonyl (C=O) groups is 1. The fraction of sp³-hybridized carbons (Fsp3) is 0.471. The van der Waals surface area contributed by atoms with Crippen molar-refractivity contribution in [2.75, 3.05) is 7.11 Å². The van der Waals surface area contributed by atoms with Gasteiger partial charge in [-0.25, -0.2) is 0 Å². The van der Waals surface area contributed by atoms with Gasteiger partial charge in [0.1, 0.15) is 0 Å². The molecule has 0 radical (unpaired) electrons. The quantitative estimate of drug-likeness (QED) is 0.697. The Labute approximate surface area is 133 Å². The van der Waals surface area contributed by atoms with E-state index in [0.29, 0.717) is 12.8 Å². The molecule has 0 fully saturated rings. The second-order valence-electron chi connectivity index (χ2n) is 3.95. The molecule has 0 aromatic heterocycles. The number of phenolic OH excluding ortho intramolecular Hbond substituents is 1.